The lowest BCUT2D eigenvalue weighted by molar-refractivity contribution is -0.117. The maximum atomic E-state index is 12.6. The van der Waals surface area contributed by atoms with Crippen LogP contribution >= 0.6 is 0 Å². The summed E-state index contributed by atoms with van der Waals surface area (Å²) in [4.78, 5) is 29.2. The molecule has 0 aliphatic rings. The van der Waals surface area contributed by atoms with Crippen LogP contribution in [-0.4, -0.2) is 25.1 Å². The summed E-state index contributed by atoms with van der Waals surface area (Å²) < 4.78 is 8.16. The first kappa shape index (κ1) is 18.9. The Hall–Kier alpha value is -4.45. The molecule has 9 heteroatoms. The van der Waals surface area contributed by atoms with E-state index >= 15 is 0 Å². The van der Waals surface area contributed by atoms with Crippen LogP contribution in [0.5, 0.6) is 11.6 Å². The first-order valence-electron chi connectivity index (χ1n) is 9.03. The summed E-state index contributed by atoms with van der Waals surface area (Å²) in [6.45, 7) is 1.61. The second kappa shape index (κ2) is 7.89. The van der Waals surface area contributed by atoms with Crippen molar-refractivity contribution in [2.24, 2.45) is 0 Å². The second-order valence-corrected chi connectivity index (χ2v) is 6.47. The van der Waals surface area contributed by atoms with Crippen molar-refractivity contribution < 1.29 is 9.53 Å². The maximum absolute atomic E-state index is 12.6. The van der Waals surface area contributed by atoms with Crippen molar-refractivity contribution in [3.63, 3.8) is 0 Å². The summed E-state index contributed by atoms with van der Waals surface area (Å²) in [5.74, 6) is 0.327. The number of aromatic nitrogens is 4. The normalized spacial score (nSPS) is 10.5. The van der Waals surface area contributed by atoms with Gasteiger partial charge in [-0.05, 0) is 42.8 Å². The van der Waals surface area contributed by atoms with E-state index in [-0.39, 0.29) is 18.1 Å². The van der Waals surface area contributed by atoms with Crippen molar-refractivity contribution >= 4 is 17.2 Å². The van der Waals surface area contributed by atoms with Crippen molar-refractivity contribution in [1.29, 1.82) is 5.26 Å². The first-order valence-corrected chi connectivity index (χ1v) is 9.03. The molecule has 9 nitrogen and oxygen atoms in total. The van der Waals surface area contributed by atoms with Gasteiger partial charge in [-0.15, -0.1) is 5.10 Å². The van der Waals surface area contributed by atoms with Gasteiger partial charge in [-0.25, -0.2) is 18.9 Å². The van der Waals surface area contributed by atoms with Gasteiger partial charge in [-0.1, -0.05) is 18.2 Å². The summed E-state index contributed by atoms with van der Waals surface area (Å²) in [5, 5.41) is 15.7. The fourth-order valence-corrected chi connectivity index (χ4v) is 2.84. The highest BCUT2D eigenvalue weighted by atomic mass is 16.5. The van der Waals surface area contributed by atoms with Crippen LogP contribution in [0.3, 0.4) is 0 Å². The number of aryl methyl sites for hydroxylation is 1. The Labute approximate surface area is 170 Å². The molecule has 148 valence electrons. The van der Waals surface area contributed by atoms with E-state index in [1.807, 2.05) is 31.2 Å². The minimum absolute atomic E-state index is 0.162. The third-order valence-electron chi connectivity index (χ3n) is 4.36. The van der Waals surface area contributed by atoms with Crippen molar-refractivity contribution in [2.45, 2.75) is 13.5 Å². The van der Waals surface area contributed by atoms with Gasteiger partial charge in [0.1, 0.15) is 12.3 Å². The van der Waals surface area contributed by atoms with Crippen molar-refractivity contribution in [3.8, 4) is 17.7 Å². The maximum Gasteiger partial charge on any atom is 0.351 e. The van der Waals surface area contributed by atoms with Gasteiger partial charge in [0.15, 0.2) is 0 Å². The average molecular weight is 400 g/mol. The third kappa shape index (κ3) is 3.74. The predicted octanol–water partition coefficient (Wildman–Crippen LogP) is 2.50. The second-order valence-electron chi connectivity index (χ2n) is 6.47. The number of hydrogen-bond acceptors (Lipinski definition) is 6. The van der Waals surface area contributed by atoms with E-state index in [0.717, 1.165) is 10.2 Å². The fourth-order valence-electron chi connectivity index (χ4n) is 2.84. The van der Waals surface area contributed by atoms with Gasteiger partial charge in [-0.3, -0.25) is 4.79 Å². The van der Waals surface area contributed by atoms with Crippen LogP contribution in [0.1, 0.15) is 11.1 Å². The molecule has 0 bridgehead atoms. The predicted molar refractivity (Wildman–Crippen MR) is 108 cm³/mol. The fraction of sp³-hybridized carbons (Fsp3) is 0.0952. The highest BCUT2D eigenvalue weighted by molar-refractivity contribution is 5.90. The van der Waals surface area contributed by atoms with E-state index in [4.69, 9.17) is 10.00 Å². The lowest BCUT2D eigenvalue weighted by atomic mass is 10.2. The molecule has 2 heterocycles. The summed E-state index contributed by atoms with van der Waals surface area (Å²) >= 11 is 0. The summed E-state index contributed by atoms with van der Waals surface area (Å²) in [5.41, 5.74) is 1.62. The van der Waals surface area contributed by atoms with E-state index in [1.54, 1.807) is 30.3 Å². The van der Waals surface area contributed by atoms with Crippen LogP contribution in [0, 0.1) is 18.3 Å². The van der Waals surface area contributed by atoms with Gasteiger partial charge in [-0.2, -0.15) is 5.26 Å². The molecule has 2 aromatic heterocycles. The number of rotatable bonds is 5. The number of hydrogen-bond donors (Lipinski definition) is 1. The molecule has 30 heavy (non-hydrogen) atoms. The zero-order chi connectivity index (χ0) is 21.1. The standard InChI is InChI=1S/C21H16N6O3/c1-14-4-2-3-5-17(14)30-20-19-25-27(21(29)26(19)11-10-23-20)13-18(28)24-16-8-6-15(12-22)7-9-16/h2-11H,13H2,1H3,(H,24,28). The SMILES string of the molecule is Cc1ccccc1Oc1nccn2c(=O)n(CC(=O)Nc3ccc(C#N)cc3)nc12. The smallest absolute Gasteiger partial charge is 0.351 e. The number of anilines is 1. The van der Waals surface area contributed by atoms with Gasteiger partial charge in [0, 0.05) is 18.1 Å². The van der Waals surface area contributed by atoms with Crippen molar-refractivity contribution in [3.05, 3.63) is 82.5 Å². The monoisotopic (exact) mass is 400 g/mol. The Kier molecular flexibility index (Phi) is 4.97. The van der Waals surface area contributed by atoms with Gasteiger partial charge in [0.05, 0.1) is 11.6 Å². The van der Waals surface area contributed by atoms with Gasteiger partial charge >= 0.3 is 5.69 Å². The molecule has 0 aliphatic carbocycles. The van der Waals surface area contributed by atoms with E-state index in [1.165, 1.54) is 16.8 Å². The Bertz CT molecular complexity index is 1330. The highest BCUT2D eigenvalue weighted by Crippen LogP contribution is 2.24. The van der Waals surface area contributed by atoms with Crippen LogP contribution in [0.15, 0.2) is 65.7 Å². The number of nitriles is 1. The topological polar surface area (TPSA) is 114 Å². The first-order chi connectivity index (χ1) is 14.5. The average Bonchev–Trinajstić information content (AvgIpc) is 3.06. The van der Waals surface area contributed by atoms with Crippen LogP contribution in [0.2, 0.25) is 0 Å². The molecule has 0 fully saturated rings. The Balaban J connectivity index is 1.58. The number of carbonyl (C=O) groups is 1. The number of nitrogens with zero attached hydrogens (tertiary/aromatic N) is 5. The van der Waals surface area contributed by atoms with Gasteiger partial charge in [0.25, 0.3) is 5.88 Å². The number of para-hydroxylation sites is 1. The largest absolute Gasteiger partial charge is 0.436 e. The van der Waals surface area contributed by atoms with Crippen LogP contribution in [0.4, 0.5) is 5.69 Å². The molecule has 0 aliphatic heterocycles. The summed E-state index contributed by atoms with van der Waals surface area (Å²) in [6, 6.07) is 15.8. The number of fused-ring (bicyclic) bond motifs is 1. The minimum Gasteiger partial charge on any atom is -0.436 e. The van der Waals surface area contributed by atoms with E-state index in [0.29, 0.717) is 17.0 Å². The molecule has 0 unspecified atom stereocenters. The molecular formula is C21H16N6O3. The number of benzene rings is 2. The zero-order valence-corrected chi connectivity index (χ0v) is 15.9. The van der Waals surface area contributed by atoms with Crippen LogP contribution < -0.4 is 15.7 Å². The lowest BCUT2D eigenvalue weighted by Crippen LogP contribution is -2.28. The summed E-state index contributed by atoms with van der Waals surface area (Å²) in [6.07, 6.45) is 2.90. The highest BCUT2D eigenvalue weighted by Gasteiger charge is 2.16. The number of carbonyl (C=O) groups excluding carboxylic acids is 1. The minimum atomic E-state index is -0.489. The molecule has 0 saturated heterocycles. The molecule has 1 N–H and O–H groups in total. The van der Waals surface area contributed by atoms with Crippen LogP contribution in [-0.2, 0) is 11.3 Å². The zero-order valence-electron chi connectivity index (χ0n) is 15.9. The van der Waals surface area contributed by atoms with Gasteiger partial charge < -0.3 is 10.1 Å². The molecule has 4 aromatic rings. The Morgan fingerprint density at radius 2 is 1.97 bits per heavy atom. The Morgan fingerprint density at radius 3 is 2.70 bits per heavy atom. The summed E-state index contributed by atoms with van der Waals surface area (Å²) in [7, 11) is 0. The van der Waals surface area contributed by atoms with Crippen LogP contribution in [0.25, 0.3) is 5.65 Å². The molecule has 0 spiro atoms. The number of amides is 1. The van der Waals surface area contributed by atoms with E-state index in [9.17, 15) is 9.59 Å². The third-order valence-corrected chi connectivity index (χ3v) is 4.36. The molecule has 0 saturated carbocycles. The lowest BCUT2D eigenvalue weighted by Gasteiger charge is -2.07. The van der Waals surface area contributed by atoms with Crippen molar-refractivity contribution in [2.75, 3.05) is 5.32 Å². The molecule has 0 radical (unpaired) electrons. The number of nitrogens with one attached hydrogen (secondary N) is 1. The van der Waals surface area contributed by atoms with Gasteiger partial charge in [0.2, 0.25) is 11.6 Å². The van der Waals surface area contributed by atoms with E-state index < -0.39 is 11.6 Å². The molecule has 1 amide bonds. The molecule has 0 atom stereocenters. The number of ether oxygens (including phenoxy) is 1. The van der Waals surface area contributed by atoms with E-state index in [2.05, 4.69) is 15.4 Å². The molecule has 2 aromatic carbocycles. The van der Waals surface area contributed by atoms with Crippen molar-refractivity contribution in [1.82, 2.24) is 19.2 Å². The quantitative estimate of drug-likeness (QED) is 0.550. The molecular weight excluding hydrogens is 384 g/mol. The Morgan fingerprint density at radius 1 is 1.20 bits per heavy atom. The molecule has 4 rings (SSSR count).